The highest BCUT2D eigenvalue weighted by molar-refractivity contribution is 7.59. The van der Waals surface area contributed by atoms with Crippen LogP contribution in [0.5, 0.6) is 0 Å². The van der Waals surface area contributed by atoms with Gasteiger partial charge in [0.1, 0.15) is 54.2 Å². The van der Waals surface area contributed by atoms with Gasteiger partial charge >= 0.3 is 0 Å². The first-order chi connectivity index (χ1) is 65.3. The first-order valence-electron chi connectivity index (χ1n) is 44.6. The number of ether oxygens (including phenoxy) is 3. The predicted octanol–water partition coefficient (Wildman–Crippen LogP) is 17.9. The molecule has 0 radical (unpaired) electrons. The number of fused-ring (bicyclic) bond motifs is 5. The quantitative estimate of drug-likeness (QED) is 0.0226. The summed E-state index contributed by atoms with van der Waals surface area (Å²) in [5.41, 5.74) is 22.3. The van der Waals surface area contributed by atoms with E-state index in [0.29, 0.717) is 55.0 Å². The topological polar surface area (TPSA) is 398 Å². The van der Waals surface area contributed by atoms with Gasteiger partial charge in [0.25, 0.3) is 23.6 Å². The number of benzene rings is 4. The minimum Gasteiger partial charge on any atom is -0.375 e. The Bertz CT molecular complexity index is 6770. The molecule has 139 heavy (non-hydrogen) atoms. The van der Waals surface area contributed by atoms with Crippen LogP contribution in [0.3, 0.4) is 0 Å². The lowest BCUT2D eigenvalue weighted by Gasteiger charge is -2.17. The van der Waals surface area contributed by atoms with Gasteiger partial charge in [-0.3, -0.25) is 59.0 Å². The van der Waals surface area contributed by atoms with E-state index in [0.717, 1.165) is 168 Å². The zero-order chi connectivity index (χ0) is 95.4. The van der Waals surface area contributed by atoms with E-state index in [4.69, 9.17) is 19.2 Å². The molecule has 12 aromatic heterocycles. The molecule has 31 nitrogen and oxygen atoms in total. The molecule has 0 saturated carbocycles. The number of hydrogen-bond acceptors (Lipinski definition) is 27. The Labute approximate surface area is 836 Å². The van der Waals surface area contributed by atoms with Crippen LogP contribution in [0.4, 0.5) is 23.3 Å². The van der Waals surface area contributed by atoms with Crippen molar-refractivity contribution >= 4 is 144 Å². The van der Waals surface area contributed by atoms with E-state index in [1.54, 1.807) is 117 Å². The van der Waals surface area contributed by atoms with E-state index in [1.807, 2.05) is 169 Å². The molecule has 1 aliphatic heterocycles. The van der Waals surface area contributed by atoms with Gasteiger partial charge in [0, 0.05) is 221 Å². The Morgan fingerprint density at radius 1 is 0.353 bits per heavy atom. The van der Waals surface area contributed by atoms with Crippen LogP contribution in [0.25, 0.3) is 88.6 Å². The third kappa shape index (κ3) is 25.8. The molecule has 13 heterocycles. The average Bonchev–Trinajstić information content (AvgIpc) is 1.63. The minimum atomic E-state index is -0.361. The summed E-state index contributed by atoms with van der Waals surface area (Å²) in [6.45, 7) is 23.5. The van der Waals surface area contributed by atoms with Gasteiger partial charge in [-0.05, 0) is 131 Å². The number of anilines is 4. The fraction of sp³-hybridized carbons (Fsp3) is 0.269. The average molecular weight is 1940 g/mol. The Hall–Kier alpha value is -14.2. The number of hydrogen-bond donors (Lipinski definition) is 8. The SMILES string of the molecule is CNC(=O)c1cc(C)nc2c([C@H](C)CNc3cc(-c4ccc(C)nc4)ncn3)cccc12.CNC(=O)c1ccnc2c([C@H](C)CNc3cc(-c4ccnc([C@@H](C)OC)c4)ncn3)cccc12.CNC(=O)c1ccnc2c([C@H](C)CNc3cc(-c4ccnc([C@H](C)OC)c4)ncn3)cccc12.CNC(=O)c1ccnc2c([C@H](C)CNc3cc(-c4cnc5c(c4)COC5(C)C)ncn3)cccc12.S.S.S.S. The van der Waals surface area contributed by atoms with Gasteiger partial charge in [-0.15, -0.1) is 0 Å². The van der Waals surface area contributed by atoms with Gasteiger partial charge in [0.2, 0.25) is 0 Å². The smallest absolute Gasteiger partial charge is 0.251 e. The van der Waals surface area contributed by atoms with Gasteiger partial charge in [-0.1, -0.05) is 100 Å². The first kappa shape index (κ1) is 107. The lowest BCUT2D eigenvalue weighted by atomic mass is 9.95. The highest BCUT2D eigenvalue weighted by atomic mass is 32.1. The second-order valence-electron chi connectivity index (χ2n) is 33.4. The fourth-order valence-corrected chi connectivity index (χ4v) is 16.0. The minimum absolute atomic E-state index is 0. The van der Waals surface area contributed by atoms with Crippen molar-refractivity contribution in [2.24, 2.45) is 0 Å². The molecule has 0 aliphatic carbocycles. The van der Waals surface area contributed by atoms with Crippen LogP contribution in [0.2, 0.25) is 0 Å². The van der Waals surface area contributed by atoms with Crippen LogP contribution < -0.4 is 42.5 Å². The maximum Gasteiger partial charge on any atom is 0.251 e. The maximum atomic E-state index is 12.4. The van der Waals surface area contributed by atoms with Gasteiger partial charge in [0.15, 0.2) is 0 Å². The fourth-order valence-electron chi connectivity index (χ4n) is 16.0. The molecule has 720 valence electrons. The van der Waals surface area contributed by atoms with Crippen molar-refractivity contribution in [3.05, 3.63) is 311 Å². The normalized spacial score (nSPS) is 12.8. The van der Waals surface area contributed by atoms with Crippen molar-refractivity contribution in [2.45, 2.75) is 117 Å². The Balaban J connectivity index is 0.000000189. The summed E-state index contributed by atoms with van der Waals surface area (Å²) in [4.78, 5) is 121. The number of pyridine rings is 8. The molecule has 0 saturated heterocycles. The van der Waals surface area contributed by atoms with Crippen molar-refractivity contribution in [1.82, 2.24) is 101 Å². The molecule has 4 amide bonds. The highest BCUT2D eigenvalue weighted by Gasteiger charge is 2.33. The number of amides is 4. The molecule has 4 aromatic carbocycles. The molecule has 0 spiro atoms. The van der Waals surface area contributed by atoms with Crippen LogP contribution in [0, 0.1) is 13.8 Å². The molecule has 17 rings (SSSR count). The number of nitrogens with one attached hydrogen (secondary N) is 8. The lowest BCUT2D eigenvalue weighted by Crippen LogP contribution is -2.19. The van der Waals surface area contributed by atoms with Crippen LogP contribution >= 0.6 is 54.0 Å². The zero-order valence-electron chi connectivity index (χ0n) is 80.5. The largest absolute Gasteiger partial charge is 0.375 e. The number of methoxy groups -OCH3 is 2. The van der Waals surface area contributed by atoms with Gasteiger partial charge in [-0.25, -0.2) is 39.9 Å². The van der Waals surface area contributed by atoms with Gasteiger partial charge in [0.05, 0.1) is 103 Å². The number of aromatic nitrogens is 16. The van der Waals surface area contributed by atoms with E-state index >= 15 is 0 Å². The maximum absolute atomic E-state index is 12.4. The molecular formula is C104H118N24O7S4. The van der Waals surface area contributed by atoms with Crippen molar-refractivity contribution in [3.63, 3.8) is 0 Å². The summed E-state index contributed by atoms with van der Waals surface area (Å²) in [5.74, 6) is 3.00. The molecule has 6 atom stereocenters. The van der Waals surface area contributed by atoms with Crippen molar-refractivity contribution in [1.29, 1.82) is 0 Å². The van der Waals surface area contributed by atoms with E-state index in [-0.39, 0.29) is 119 Å². The summed E-state index contributed by atoms with van der Waals surface area (Å²) in [7, 11) is 9.87. The monoisotopic (exact) mass is 1940 g/mol. The number of carbonyl (C=O) groups is 4. The second-order valence-corrected chi connectivity index (χ2v) is 33.4. The van der Waals surface area contributed by atoms with Crippen molar-refractivity contribution in [2.75, 3.05) is 89.9 Å². The molecular weight excluding hydrogens is 1830 g/mol. The van der Waals surface area contributed by atoms with Crippen LogP contribution in [-0.2, 0) is 26.4 Å². The van der Waals surface area contributed by atoms with Crippen LogP contribution in [0.15, 0.2) is 232 Å². The number of para-hydroxylation sites is 4. The van der Waals surface area contributed by atoms with Crippen LogP contribution in [-0.4, -0.2) is 172 Å². The van der Waals surface area contributed by atoms with Crippen molar-refractivity contribution in [3.8, 4) is 45.0 Å². The predicted molar refractivity (Wildman–Crippen MR) is 569 cm³/mol. The number of rotatable bonds is 28. The molecule has 16 aromatic rings. The Morgan fingerprint density at radius 2 is 0.691 bits per heavy atom. The summed E-state index contributed by atoms with van der Waals surface area (Å²) < 4.78 is 16.6. The van der Waals surface area contributed by atoms with E-state index in [2.05, 4.69) is 175 Å². The molecule has 35 heteroatoms. The van der Waals surface area contributed by atoms with E-state index in [9.17, 15) is 19.2 Å². The summed E-state index contributed by atoms with van der Waals surface area (Å²) >= 11 is 0. The molecule has 0 bridgehead atoms. The third-order valence-corrected chi connectivity index (χ3v) is 23.8. The number of nitrogens with zero attached hydrogens (tertiary/aromatic N) is 16. The zero-order valence-corrected chi connectivity index (χ0v) is 84.5. The first-order valence-corrected chi connectivity index (χ1v) is 44.6. The van der Waals surface area contributed by atoms with Gasteiger partial charge < -0.3 is 56.7 Å². The number of aryl methyl sites for hydroxylation is 2. The van der Waals surface area contributed by atoms with E-state index < -0.39 is 0 Å². The molecule has 1 aliphatic rings. The lowest BCUT2D eigenvalue weighted by molar-refractivity contribution is -0.0101. The van der Waals surface area contributed by atoms with Crippen molar-refractivity contribution < 1.29 is 33.4 Å². The standard InChI is InChI=1S/C27H28N6O2.2C26H28N6O2.C25H26N6O.4H2S/c1-16(19-6-5-7-20-21(26(34)28-4)8-9-29-24(19)20)12-30-23-11-22(32-15-33-23)17-10-18-14-35-27(2,3)25(18)31-13-17;2*1-16(19-6-5-7-20-21(26(33)27-3)9-11-29-25(19)20)14-30-24-13-23(31-15-32-24)18-8-10-28-22(12-18)17(2)34-4;1-15(12-28-23-11-22(29-14-30-23)18-9-8-16(2)27-13-18)19-6-5-7-20-21(25(32)26-4)10-17(3)31-24(19)20;;;;/h5-11,13,15-16H,12,14H2,1-4H3,(H,28,34)(H,30,32,33);2*5-13,15-17H,14H2,1-4H3,(H,27,33)(H,30,31,32);5-11,13-15H,12H2,1-4H3,(H,26,32)(H,28,29,30);4*1H2/t16-;16-,17+;16-,17-;15-;;;;/m1111..../s1. The van der Waals surface area contributed by atoms with Gasteiger partial charge in [-0.2, -0.15) is 54.0 Å². The second kappa shape index (κ2) is 49.7. The summed E-state index contributed by atoms with van der Waals surface area (Å²) in [6, 6.07) is 52.5. The highest BCUT2D eigenvalue weighted by Crippen LogP contribution is 2.38. The summed E-state index contributed by atoms with van der Waals surface area (Å²) in [6.07, 6.45) is 18.3. The number of carbonyl (C=O) groups excluding carboxylic acids is 4. The molecule has 0 unspecified atom stereocenters. The Morgan fingerprint density at radius 3 is 1.05 bits per heavy atom. The summed E-state index contributed by atoms with van der Waals surface area (Å²) in [5, 5.41) is 27.9. The Kier molecular flexibility index (Phi) is 38.2. The molecule has 0 fully saturated rings. The van der Waals surface area contributed by atoms with E-state index in [1.165, 1.54) is 0 Å². The van der Waals surface area contributed by atoms with Crippen LogP contribution in [0.1, 0.15) is 189 Å². The third-order valence-electron chi connectivity index (χ3n) is 23.8. The molecule has 8 N–H and O–H groups in total.